The Morgan fingerprint density at radius 1 is 0.895 bits per heavy atom. The summed E-state index contributed by atoms with van der Waals surface area (Å²) in [5.41, 5.74) is 2.07. The third kappa shape index (κ3) is 4.44. The van der Waals surface area contributed by atoms with Crippen LogP contribution in [0.1, 0.15) is 52.9 Å². The molecule has 4 heteroatoms. The van der Waals surface area contributed by atoms with E-state index in [9.17, 15) is 0 Å². The first-order chi connectivity index (χ1) is 8.99. The molecule has 1 rings (SSSR count). The average Bonchev–Trinajstić information content (AvgIpc) is 2.37. The van der Waals surface area contributed by atoms with E-state index in [4.69, 9.17) is 0 Å². The van der Waals surface area contributed by atoms with E-state index in [1.54, 1.807) is 0 Å². The number of rotatable bonds is 7. The highest BCUT2D eigenvalue weighted by Gasteiger charge is 2.17. The molecule has 0 radical (unpaired) electrons. The van der Waals surface area contributed by atoms with Gasteiger partial charge in [0.2, 0.25) is 5.95 Å². The fourth-order valence-electron chi connectivity index (χ4n) is 2.46. The minimum atomic E-state index is 0.625. The van der Waals surface area contributed by atoms with Gasteiger partial charge in [0, 0.05) is 6.54 Å². The molecule has 108 valence electrons. The number of aryl methyl sites for hydroxylation is 2. The fourth-order valence-corrected chi connectivity index (χ4v) is 2.46. The topological polar surface area (TPSA) is 50.7 Å². The molecule has 1 N–H and O–H groups in total. The smallest absolute Gasteiger partial charge is 0.242 e. The molecule has 0 aliphatic carbocycles. The van der Waals surface area contributed by atoms with Crippen LogP contribution in [0.4, 0.5) is 5.95 Å². The molecule has 0 saturated heterocycles. The van der Waals surface area contributed by atoms with Gasteiger partial charge in [-0.3, -0.25) is 0 Å². The standard InChI is InChI=1S/C15H28N4/c1-7-13-14(8-2)18-19-15(17-13)16-9-12(10(3)4)11(5)6/h10-12H,7-9H2,1-6H3,(H,16,17,19). The lowest BCUT2D eigenvalue weighted by atomic mass is 9.85. The molecule has 1 aromatic rings. The minimum absolute atomic E-state index is 0.625. The first-order valence-electron chi connectivity index (χ1n) is 7.45. The molecule has 1 aromatic heterocycles. The third-order valence-corrected chi connectivity index (χ3v) is 3.72. The lowest BCUT2D eigenvalue weighted by Crippen LogP contribution is -2.25. The predicted octanol–water partition coefficient (Wildman–Crippen LogP) is 3.34. The molecule has 0 unspecified atom stereocenters. The third-order valence-electron chi connectivity index (χ3n) is 3.72. The van der Waals surface area contributed by atoms with Crippen molar-refractivity contribution < 1.29 is 0 Å². The van der Waals surface area contributed by atoms with Crippen molar-refractivity contribution in [2.24, 2.45) is 17.8 Å². The summed E-state index contributed by atoms with van der Waals surface area (Å²) in [6.07, 6.45) is 1.80. The predicted molar refractivity (Wildman–Crippen MR) is 80.2 cm³/mol. The van der Waals surface area contributed by atoms with Gasteiger partial charge < -0.3 is 5.32 Å². The maximum Gasteiger partial charge on any atom is 0.242 e. The summed E-state index contributed by atoms with van der Waals surface area (Å²) in [5, 5.41) is 11.8. The summed E-state index contributed by atoms with van der Waals surface area (Å²) in [5.74, 6) is 2.60. The average molecular weight is 264 g/mol. The molecule has 4 nitrogen and oxygen atoms in total. The molecule has 0 spiro atoms. The number of nitrogens with zero attached hydrogens (tertiary/aromatic N) is 3. The second kappa shape index (κ2) is 7.41. The quantitative estimate of drug-likeness (QED) is 0.820. The van der Waals surface area contributed by atoms with Crippen LogP contribution in [0.2, 0.25) is 0 Å². The molecular formula is C15H28N4. The van der Waals surface area contributed by atoms with E-state index in [0.717, 1.165) is 30.8 Å². The van der Waals surface area contributed by atoms with Gasteiger partial charge in [-0.25, -0.2) is 4.98 Å². The van der Waals surface area contributed by atoms with E-state index < -0.39 is 0 Å². The highest BCUT2D eigenvalue weighted by molar-refractivity contribution is 5.25. The molecule has 0 aromatic carbocycles. The molecule has 0 aliphatic rings. The van der Waals surface area contributed by atoms with E-state index in [1.807, 2.05) is 0 Å². The zero-order chi connectivity index (χ0) is 14.4. The van der Waals surface area contributed by atoms with E-state index in [2.05, 4.69) is 62.0 Å². The van der Waals surface area contributed by atoms with Gasteiger partial charge in [-0.2, -0.15) is 5.10 Å². The molecule has 0 saturated carbocycles. The van der Waals surface area contributed by atoms with Crippen molar-refractivity contribution in [2.45, 2.75) is 54.4 Å². The van der Waals surface area contributed by atoms with Gasteiger partial charge in [0.1, 0.15) is 0 Å². The molecule has 0 atom stereocenters. The fraction of sp³-hybridized carbons (Fsp3) is 0.800. The van der Waals surface area contributed by atoms with Crippen molar-refractivity contribution in [1.82, 2.24) is 15.2 Å². The van der Waals surface area contributed by atoms with E-state index in [1.165, 1.54) is 0 Å². The summed E-state index contributed by atoms with van der Waals surface area (Å²) >= 11 is 0. The van der Waals surface area contributed by atoms with Crippen molar-refractivity contribution in [3.05, 3.63) is 11.4 Å². The number of hydrogen-bond donors (Lipinski definition) is 1. The van der Waals surface area contributed by atoms with Crippen molar-refractivity contribution in [3.8, 4) is 0 Å². The molecule has 0 aliphatic heterocycles. The van der Waals surface area contributed by atoms with Gasteiger partial charge in [-0.05, 0) is 30.6 Å². The number of nitrogens with one attached hydrogen (secondary N) is 1. The van der Waals surface area contributed by atoms with Crippen LogP contribution in [-0.4, -0.2) is 21.7 Å². The second-order valence-corrected chi connectivity index (χ2v) is 5.77. The molecular weight excluding hydrogens is 236 g/mol. The van der Waals surface area contributed by atoms with Gasteiger partial charge >= 0.3 is 0 Å². The lowest BCUT2D eigenvalue weighted by molar-refractivity contribution is 0.304. The van der Waals surface area contributed by atoms with Gasteiger partial charge in [-0.1, -0.05) is 41.5 Å². The van der Waals surface area contributed by atoms with Gasteiger partial charge in [0.05, 0.1) is 11.4 Å². The van der Waals surface area contributed by atoms with Crippen LogP contribution in [-0.2, 0) is 12.8 Å². The van der Waals surface area contributed by atoms with Gasteiger partial charge in [0.15, 0.2) is 0 Å². The first-order valence-corrected chi connectivity index (χ1v) is 7.45. The highest BCUT2D eigenvalue weighted by atomic mass is 15.2. The lowest BCUT2D eigenvalue weighted by Gasteiger charge is -2.25. The SMILES string of the molecule is CCc1nnc(NCC(C(C)C)C(C)C)nc1CC. The normalized spacial score (nSPS) is 11.6. The zero-order valence-corrected chi connectivity index (χ0v) is 13.2. The van der Waals surface area contributed by atoms with Crippen LogP contribution in [0.25, 0.3) is 0 Å². The van der Waals surface area contributed by atoms with Crippen LogP contribution < -0.4 is 5.32 Å². The van der Waals surface area contributed by atoms with E-state index >= 15 is 0 Å². The number of anilines is 1. The second-order valence-electron chi connectivity index (χ2n) is 5.77. The first kappa shape index (κ1) is 15.9. The van der Waals surface area contributed by atoms with E-state index in [-0.39, 0.29) is 0 Å². The number of aromatic nitrogens is 3. The highest BCUT2D eigenvalue weighted by Crippen LogP contribution is 2.20. The number of hydrogen-bond acceptors (Lipinski definition) is 4. The Balaban J connectivity index is 2.72. The molecule has 1 heterocycles. The summed E-state index contributed by atoms with van der Waals surface area (Å²) in [6, 6.07) is 0. The Kier molecular flexibility index (Phi) is 6.19. The maximum absolute atomic E-state index is 4.57. The largest absolute Gasteiger partial charge is 0.353 e. The van der Waals surface area contributed by atoms with Crippen molar-refractivity contribution in [1.29, 1.82) is 0 Å². The van der Waals surface area contributed by atoms with Gasteiger partial charge in [-0.15, -0.1) is 5.10 Å². The van der Waals surface area contributed by atoms with E-state index in [0.29, 0.717) is 23.7 Å². The minimum Gasteiger partial charge on any atom is -0.353 e. The van der Waals surface area contributed by atoms with Crippen LogP contribution in [0.5, 0.6) is 0 Å². The molecule has 0 amide bonds. The van der Waals surface area contributed by atoms with Crippen LogP contribution >= 0.6 is 0 Å². The van der Waals surface area contributed by atoms with Crippen molar-refractivity contribution in [2.75, 3.05) is 11.9 Å². The Labute approximate surface area is 117 Å². The van der Waals surface area contributed by atoms with Gasteiger partial charge in [0.25, 0.3) is 0 Å². The summed E-state index contributed by atoms with van der Waals surface area (Å²) in [6.45, 7) is 14.2. The summed E-state index contributed by atoms with van der Waals surface area (Å²) in [7, 11) is 0. The van der Waals surface area contributed by atoms with Crippen LogP contribution in [0.3, 0.4) is 0 Å². The summed E-state index contributed by atoms with van der Waals surface area (Å²) < 4.78 is 0. The van der Waals surface area contributed by atoms with Crippen molar-refractivity contribution >= 4 is 5.95 Å². The molecule has 0 bridgehead atoms. The Morgan fingerprint density at radius 2 is 1.47 bits per heavy atom. The maximum atomic E-state index is 4.57. The molecule has 0 fully saturated rings. The summed E-state index contributed by atoms with van der Waals surface area (Å²) in [4.78, 5) is 4.57. The monoisotopic (exact) mass is 264 g/mol. The zero-order valence-electron chi connectivity index (χ0n) is 13.2. The van der Waals surface area contributed by atoms with Crippen LogP contribution in [0, 0.1) is 17.8 Å². The Morgan fingerprint density at radius 3 is 1.95 bits per heavy atom. The molecule has 19 heavy (non-hydrogen) atoms. The Hall–Kier alpha value is -1.19. The Bertz CT molecular complexity index is 380. The van der Waals surface area contributed by atoms with Crippen LogP contribution in [0.15, 0.2) is 0 Å². The van der Waals surface area contributed by atoms with Crippen molar-refractivity contribution in [3.63, 3.8) is 0 Å².